The van der Waals surface area contributed by atoms with E-state index in [0.29, 0.717) is 22.1 Å². The zero-order valence-electron chi connectivity index (χ0n) is 17.3. The van der Waals surface area contributed by atoms with Crippen molar-refractivity contribution in [1.82, 2.24) is 15.1 Å². The van der Waals surface area contributed by atoms with E-state index in [9.17, 15) is 14.4 Å². The SMILES string of the molecule is Cl.O=C(c1ccc2c(c1)C(=O)N(C1CCCCC1)C2=O)N1CCC2(CCNC2)CC1. The van der Waals surface area contributed by atoms with Crippen LogP contribution in [0.2, 0.25) is 0 Å². The maximum atomic E-state index is 13.1. The summed E-state index contributed by atoms with van der Waals surface area (Å²) in [5, 5.41) is 3.45. The number of fused-ring (bicyclic) bond motifs is 1. The maximum absolute atomic E-state index is 13.1. The van der Waals surface area contributed by atoms with E-state index >= 15 is 0 Å². The number of hydrogen-bond donors (Lipinski definition) is 1. The number of nitrogens with one attached hydrogen (secondary N) is 1. The summed E-state index contributed by atoms with van der Waals surface area (Å²) >= 11 is 0. The second-order valence-electron chi connectivity index (χ2n) is 9.25. The molecule has 4 aliphatic rings. The Hall–Kier alpha value is -1.92. The van der Waals surface area contributed by atoms with Gasteiger partial charge >= 0.3 is 0 Å². The number of amides is 3. The second kappa shape index (κ2) is 8.31. The lowest BCUT2D eigenvalue weighted by Crippen LogP contribution is -2.44. The van der Waals surface area contributed by atoms with Crippen LogP contribution < -0.4 is 5.32 Å². The van der Waals surface area contributed by atoms with E-state index in [2.05, 4.69) is 5.32 Å². The molecular weight excluding hydrogens is 402 g/mol. The largest absolute Gasteiger partial charge is 0.339 e. The Kier molecular flexibility index (Phi) is 5.90. The lowest BCUT2D eigenvalue weighted by Gasteiger charge is -2.38. The van der Waals surface area contributed by atoms with Crippen molar-refractivity contribution in [1.29, 1.82) is 0 Å². The van der Waals surface area contributed by atoms with E-state index in [1.165, 1.54) is 17.7 Å². The van der Waals surface area contributed by atoms with Crippen LogP contribution in [0.15, 0.2) is 18.2 Å². The number of halogens is 1. The predicted molar refractivity (Wildman–Crippen MR) is 116 cm³/mol. The van der Waals surface area contributed by atoms with Crippen molar-refractivity contribution in [3.05, 3.63) is 34.9 Å². The molecule has 0 unspecified atom stereocenters. The number of likely N-dealkylation sites (tertiary alicyclic amines) is 1. The van der Waals surface area contributed by atoms with Gasteiger partial charge in [-0.2, -0.15) is 0 Å². The van der Waals surface area contributed by atoms with Gasteiger partial charge in [-0.05, 0) is 62.3 Å². The van der Waals surface area contributed by atoms with Crippen LogP contribution in [0.5, 0.6) is 0 Å². The fourth-order valence-electron chi connectivity index (χ4n) is 5.65. The fraction of sp³-hybridized carbons (Fsp3) is 0.609. The Morgan fingerprint density at radius 3 is 2.33 bits per heavy atom. The van der Waals surface area contributed by atoms with Crippen molar-refractivity contribution >= 4 is 30.1 Å². The standard InChI is InChI=1S/C23H29N3O3.ClH/c27-20(25-12-9-23(10-13-25)8-11-24-15-23)16-6-7-18-19(14-16)22(29)26(21(18)28)17-4-2-1-3-5-17;/h6-7,14,17,24H,1-5,8-13,15H2;1H. The highest BCUT2D eigenvalue weighted by Crippen LogP contribution is 2.37. The summed E-state index contributed by atoms with van der Waals surface area (Å²) < 4.78 is 0. The number of imide groups is 1. The van der Waals surface area contributed by atoms with Gasteiger partial charge in [-0.1, -0.05) is 19.3 Å². The molecule has 0 aromatic heterocycles. The van der Waals surface area contributed by atoms with Crippen LogP contribution in [0, 0.1) is 5.41 Å². The summed E-state index contributed by atoms with van der Waals surface area (Å²) in [5.41, 5.74) is 1.74. The third-order valence-electron chi connectivity index (χ3n) is 7.55. The van der Waals surface area contributed by atoms with Crippen LogP contribution in [-0.4, -0.2) is 59.7 Å². The Morgan fingerprint density at radius 1 is 0.967 bits per heavy atom. The van der Waals surface area contributed by atoms with Crippen molar-refractivity contribution in [2.75, 3.05) is 26.2 Å². The third kappa shape index (κ3) is 3.54. The van der Waals surface area contributed by atoms with Gasteiger partial charge in [0.25, 0.3) is 17.7 Å². The molecule has 1 aliphatic carbocycles. The molecule has 2 saturated heterocycles. The first-order valence-electron chi connectivity index (χ1n) is 11.1. The first kappa shape index (κ1) is 21.3. The monoisotopic (exact) mass is 431 g/mol. The summed E-state index contributed by atoms with van der Waals surface area (Å²) in [7, 11) is 0. The Morgan fingerprint density at radius 2 is 1.67 bits per heavy atom. The summed E-state index contributed by atoms with van der Waals surface area (Å²) in [5.74, 6) is -0.435. The van der Waals surface area contributed by atoms with Gasteiger partial charge in [0.1, 0.15) is 0 Å². The van der Waals surface area contributed by atoms with Crippen LogP contribution in [0.25, 0.3) is 0 Å². The lowest BCUT2D eigenvalue weighted by atomic mass is 9.78. The van der Waals surface area contributed by atoms with Crippen molar-refractivity contribution in [2.24, 2.45) is 5.41 Å². The van der Waals surface area contributed by atoms with Crippen LogP contribution in [0.3, 0.4) is 0 Å². The van der Waals surface area contributed by atoms with Gasteiger partial charge in [0.15, 0.2) is 0 Å². The van der Waals surface area contributed by atoms with E-state index < -0.39 is 0 Å². The molecule has 0 radical (unpaired) electrons. The second-order valence-corrected chi connectivity index (χ2v) is 9.25. The van der Waals surface area contributed by atoms with Crippen molar-refractivity contribution in [3.8, 4) is 0 Å². The summed E-state index contributed by atoms with van der Waals surface area (Å²) in [6.07, 6.45) is 8.34. The Bertz CT molecular complexity index is 849. The zero-order chi connectivity index (χ0) is 20.0. The van der Waals surface area contributed by atoms with Gasteiger partial charge in [0.05, 0.1) is 11.1 Å². The molecule has 3 fully saturated rings. The number of rotatable bonds is 2. The quantitative estimate of drug-likeness (QED) is 0.730. The van der Waals surface area contributed by atoms with Gasteiger partial charge in [0, 0.05) is 31.2 Å². The Balaban J connectivity index is 0.00000218. The van der Waals surface area contributed by atoms with Crippen LogP contribution in [-0.2, 0) is 0 Å². The summed E-state index contributed by atoms with van der Waals surface area (Å²) in [6.45, 7) is 3.66. The summed E-state index contributed by atoms with van der Waals surface area (Å²) in [6, 6.07) is 5.06. The molecule has 5 rings (SSSR count). The molecule has 1 aromatic carbocycles. The minimum Gasteiger partial charge on any atom is -0.339 e. The van der Waals surface area contributed by atoms with E-state index in [1.54, 1.807) is 18.2 Å². The molecule has 3 heterocycles. The van der Waals surface area contributed by atoms with Crippen molar-refractivity contribution in [2.45, 2.75) is 57.4 Å². The van der Waals surface area contributed by atoms with Gasteiger partial charge in [0.2, 0.25) is 0 Å². The number of nitrogens with zero attached hydrogens (tertiary/aromatic N) is 2. The van der Waals surface area contributed by atoms with Crippen LogP contribution in [0.4, 0.5) is 0 Å². The number of carbonyl (C=O) groups excluding carboxylic acids is 3. The van der Waals surface area contributed by atoms with Crippen molar-refractivity contribution < 1.29 is 14.4 Å². The average molecular weight is 432 g/mol. The molecule has 3 aliphatic heterocycles. The normalized spacial score (nSPS) is 23.6. The van der Waals surface area contributed by atoms with Gasteiger partial charge in [-0.3, -0.25) is 19.3 Å². The molecular formula is C23H30ClN3O3. The van der Waals surface area contributed by atoms with Gasteiger partial charge < -0.3 is 10.2 Å². The first-order chi connectivity index (χ1) is 14.1. The topological polar surface area (TPSA) is 69.7 Å². The van der Waals surface area contributed by atoms with Crippen LogP contribution >= 0.6 is 12.4 Å². The van der Waals surface area contributed by atoms with E-state index in [-0.39, 0.29) is 36.2 Å². The van der Waals surface area contributed by atoms with Crippen molar-refractivity contribution in [3.63, 3.8) is 0 Å². The minimum absolute atomic E-state index is 0. The molecule has 6 nitrogen and oxygen atoms in total. The zero-order valence-corrected chi connectivity index (χ0v) is 18.1. The first-order valence-corrected chi connectivity index (χ1v) is 11.1. The van der Waals surface area contributed by atoms with Gasteiger partial charge in [-0.15, -0.1) is 12.4 Å². The molecule has 1 aromatic rings. The highest BCUT2D eigenvalue weighted by molar-refractivity contribution is 6.22. The van der Waals surface area contributed by atoms with E-state index in [0.717, 1.165) is 64.7 Å². The highest BCUT2D eigenvalue weighted by atomic mass is 35.5. The molecule has 7 heteroatoms. The predicted octanol–water partition coefficient (Wildman–Crippen LogP) is 3.25. The van der Waals surface area contributed by atoms with E-state index in [1.807, 2.05) is 4.90 Å². The number of benzene rings is 1. The number of piperidine rings is 1. The molecule has 162 valence electrons. The fourth-order valence-corrected chi connectivity index (χ4v) is 5.65. The molecule has 1 saturated carbocycles. The Labute approximate surface area is 183 Å². The molecule has 1 spiro atoms. The molecule has 3 amide bonds. The van der Waals surface area contributed by atoms with E-state index in [4.69, 9.17) is 0 Å². The van der Waals surface area contributed by atoms with Crippen LogP contribution in [0.1, 0.15) is 82.4 Å². The maximum Gasteiger partial charge on any atom is 0.261 e. The minimum atomic E-state index is -0.221. The average Bonchev–Trinajstić information content (AvgIpc) is 3.31. The smallest absolute Gasteiger partial charge is 0.261 e. The highest BCUT2D eigenvalue weighted by Gasteiger charge is 2.41. The molecule has 30 heavy (non-hydrogen) atoms. The summed E-state index contributed by atoms with van der Waals surface area (Å²) in [4.78, 5) is 42.3. The molecule has 1 N–H and O–H groups in total. The third-order valence-corrected chi connectivity index (χ3v) is 7.55. The van der Waals surface area contributed by atoms with Gasteiger partial charge in [-0.25, -0.2) is 0 Å². The molecule has 0 atom stereocenters. The number of carbonyl (C=O) groups is 3. The number of hydrogen-bond acceptors (Lipinski definition) is 4. The molecule has 0 bridgehead atoms. The lowest BCUT2D eigenvalue weighted by molar-refractivity contribution is 0.0548.